The summed E-state index contributed by atoms with van der Waals surface area (Å²) in [6.07, 6.45) is 9.75. The van der Waals surface area contributed by atoms with Gasteiger partial charge in [-0.2, -0.15) is 5.10 Å². The minimum atomic E-state index is -0.0583. The monoisotopic (exact) mass is 190 g/mol. The van der Waals surface area contributed by atoms with Crippen LogP contribution >= 0.6 is 0 Å². The maximum absolute atomic E-state index is 11.3. The fourth-order valence-electron chi connectivity index (χ4n) is 1.82. The van der Waals surface area contributed by atoms with Crippen LogP contribution in [0.1, 0.15) is 26.2 Å². The first-order valence-electron chi connectivity index (χ1n) is 4.99. The van der Waals surface area contributed by atoms with Gasteiger partial charge < -0.3 is 0 Å². The van der Waals surface area contributed by atoms with E-state index in [1.54, 1.807) is 0 Å². The van der Waals surface area contributed by atoms with E-state index in [1.807, 2.05) is 6.92 Å². The quantitative estimate of drug-likeness (QED) is 0.497. The van der Waals surface area contributed by atoms with Gasteiger partial charge in [-0.05, 0) is 32.1 Å². The van der Waals surface area contributed by atoms with E-state index in [9.17, 15) is 4.79 Å². The molecule has 0 aromatic carbocycles. The number of nitrogens with zero attached hydrogens (tertiary/aromatic N) is 1. The molecule has 1 heterocycles. The second-order valence-electron chi connectivity index (χ2n) is 3.76. The number of allylic oxidation sites excluding steroid dienone is 3. The van der Waals surface area contributed by atoms with Gasteiger partial charge >= 0.3 is 0 Å². The first kappa shape index (κ1) is 9.19. The second-order valence-corrected chi connectivity index (χ2v) is 3.76. The highest BCUT2D eigenvalue weighted by molar-refractivity contribution is 6.23. The van der Waals surface area contributed by atoms with Gasteiger partial charge in [0.2, 0.25) is 0 Å². The smallest absolute Gasteiger partial charge is 0.267 e. The molecule has 0 spiro atoms. The molecule has 3 nitrogen and oxygen atoms in total. The Balaban J connectivity index is 2.13. The zero-order valence-electron chi connectivity index (χ0n) is 8.29. The lowest BCUT2D eigenvalue weighted by atomic mass is 9.91. The molecular weight excluding hydrogens is 176 g/mol. The van der Waals surface area contributed by atoms with Crippen molar-refractivity contribution in [2.75, 3.05) is 0 Å². The molecule has 1 aliphatic carbocycles. The van der Waals surface area contributed by atoms with Gasteiger partial charge in [-0.1, -0.05) is 18.2 Å². The van der Waals surface area contributed by atoms with Crippen LogP contribution in [0.5, 0.6) is 0 Å². The standard InChI is InChI=1S/C11H14N2O/c1-8-10(11(14)13-12-8)7-9-5-3-2-4-6-9/h2-3,7,9H,4-6H2,1H3,(H,13,14)/b10-7-. The van der Waals surface area contributed by atoms with E-state index >= 15 is 0 Å². The van der Waals surface area contributed by atoms with Gasteiger partial charge in [-0.25, -0.2) is 5.43 Å². The van der Waals surface area contributed by atoms with Gasteiger partial charge in [0.15, 0.2) is 0 Å². The third kappa shape index (κ3) is 1.76. The lowest BCUT2D eigenvalue weighted by Crippen LogP contribution is -2.14. The third-order valence-corrected chi connectivity index (χ3v) is 2.67. The zero-order valence-corrected chi connectivity index (χ0v) is 8.29. The average molecular weight is 190 g/mol. The minimum absolute atomic E-state index is 0.0583. The molecule has 2 aliphatic rings. The number of amides is 1. The molecule has 0 aromatic rings. The summed E-state index contributed by atoms with van der Waals surface area (Å²) in [5.41, 5.74) is 4.04. The Morgan fingerprint density at radius 2 is 2.43 bits per heavy atom. The predicted octanol–water partition coefficient (Wildman–Crippen LogP) is 1.77. The van der Waals surface area contributed by atoms with Crippen LogP contribution < -0.4 is 5.43 Å². The summed E-state index contributed by atoms with van der Waals surface area (Å²) in [4.78, 5) is 11.3. The SMILES string of the molecule is CC1=NNC(=O)/C1=C\C1CC=CCC1. The fraction of sp³-hybridized carbons (Fsp3) is 0.455. The van der Waals surface area contributed by atoms with Gasteiger partial charge in [0.25, 0.3) is 5.91 Å². The largest absolute Gasteiger partial charge is 0.272 e. The lowest BCUT2D eigenvalue weighted by Gasteiger charge is -2.13. The topological polar surface area (TPSA) is 41.5 Å². The molecule has 1 unspecified atom stereocenters. The van der Waals surface area contributed by atoms with Crippen molar-refractivity contribution in [3.05, 3.63) is 23.8 Å². The number of hydrogen-bond acceptors (Lipinski definition) is 2. The summed E-state index contributed by atoms with van der Waals surface area (Å²) in [5, 5.41) is 3.89. The fourth-order valence-corrected chi connectivity index (χ4v) is 1.82. The van der Waals surface area contributed by atoms with Crippen molar-refractivity contribution in [2.24, 2.45) is 11.0 Å². The highest BCUT2D eigenvalue weighted by atomic mass is 16.2. The third-order valence-electron chi connectivity index (χ3n) is 2.67. The molecule has 14 heavy (non-hydrogen) atoms. The van der Waals surface area contributed by atoms with Crippen LogP contribution in [-0.4, -0.2) is 11.6 Å². The van der Waals surface area contributed by atoms with E-state index in [2.05, 4.69) is 28.8 Å². The van der Waals surface area contributed by atoms with Crippen LogP contribution in [0.15, 0.2) is 28.9 Å². The Hall–Kier alpha value is -1.38. The summed E-state index contributed by atoms with van der Waals surface area (Å²) in [6, 6.07) is 0. The minimum Gasteiger partial charge on any atom is -0.267 e. The molecule has 3 heteroatoms. The van der Waals surface area contributed by atoms with Crippen LogP contribution in [0, 0.1) is 5.92 Å². The van der Waals surface area contributed by atoms with E-state index in [0.717, 1.165) is 30.5 Å². The number of carbonyl (C=O) groups is 1. The van der Waals surface area contributed by atoms with Gasteiger partial charge in [-0.3, -0.25) is 4.79 Å². The number of hydrazone groups is 1. The Bertz CT molecular complexity index is 339. The van der Waals surface area contributed by atoms with Crippen LogP contribution in [-0.2, 0) is 4.79 Å². The van der Waals surface area contributed by atoms with Gasteiger partial charge in [0, 0.05) is 0 Å². The van der Waals surface area contributed by atoms with Crippen molar-refractivity contribution >= 4 is 11.6 Å². The first-order chi connectivity index (χ1) is 6.77. The Labute approximate surface area is 83.6 Å². The summed E-state index contributed by atoms with van der Waals surface area (Å²) in [5.74, 6) is 0.445. The van der Waals surface area contributed by atoms with Crippen LogP contribution in [0.4, 0.5) is 0 Å². The van der Waals surface area contributed by atoms with E-state index in [4.69, 9.17) is 0 Å². The molecule has 1 atom stereocenters. The zero-order chi connectivity index (χ0) is 9.97. The van der Waals surface area contributed by atoms with Crippen molar-refractivity contribution in [1.82, 2.24) is 5.43 Å². The van der Waals surface area contributed by atoms with Crippen molar-refractivity contribution < 1.29 is 4.79 Å². The van der Waals surface area contributed by atoms with Gasteiger partial charge in [0.1, 0.15) is 0 Å². The number of carbonyl (C=O) groups excluding carboxylic acids is 1. The molecule has 74 valence electrons. The molecule has 0 bridgehead atoms. The number of hydrogen-bond donors (Lipinski definition) is 1. The molecule has 1 N–H and O–H groups in total. The van der Waals surface area contributed by atoms with E-state index < -0.39 is 0 Å². The van der Waals surface area contributed by atoms with Gasteiger partial charge in [-0.15, -0.1) is 0 Å². The van der Waals surface area contributed by atoms with Crippen LogP contribution in [0.25, 0.3) is 0 Å². The summed E-state index contributed by atoms with van der Waals surface area (Å²) in [6.45, 7) is 1.86. The maximum atomic E-state index is 11.3. The molecule has 0 radical (unpaired) electrons. The molecule has 2 rings (SSSR count). The molecule has 0 saturated carbocycles. The highest BCUT2D eigenvalue weighted by Crippen LogP contribution is 2.22. The van der Waals surface area contributed by atoms with Crippen LogP contribution in [0.3, 0.4) is 0 Å². The van der Waals surface area contributed by atoms with Crippen molar-refractivity contribution in [2.45, 2.75) is 26.2 Å². The average Bonchev–Trinajstić information content (AvgIpc) is 2.51. The normalized spacial score (nSPS) is 29.2. The Morgan fingerprint density at radius 3 is 3.00 bits per heavy atom. The summed E-state index contributed by atoms with van der Waals surface area (Å²) < 4.78 is 0. The van der Waals surface area contributed by atoms with Crippen molar-refractivity contribution in [3.8, 4) is 0 Å². The summed E-state index contributed by atoms with van der Waals surface area (Å²) in [7, 11) is 0. The Kier molecular flexibility index (Phi) is 2.48. The lowest BCUT2D eigenvalue weighted by molar-refractivity contribution is -0.116. The van der Waals surface area contributed by atoms with Crippen LogP contribution in [0.2, 0.25) is 0 Å². The van der Waals surface area contributed by atoms with Crippen molar-refractivity contribution in [3.63, 3.8) is 0 Å². The Morgan fingerprint density at radius 1 is 1.57 bits per heavy atom. The maximum Gasteiger partial charge on any atom is 0.272 e. The molecular formula is C11H14N2O. The number of nitrogens with one attached hydrogen (secondary N) is 1. The van der Waals surface area contributed by atoms with E-state index in [0.29, 0.717) is 5.92 Å². The second kappa shape index (κ2) is 3.78. The molecule has 1 amide bonds. The summed E-state index contributed by atoms with van der Waals surface area (Å²) >= 11 is 0. The molecule has 0 saturated heterocycles. The first-order valence-corrected chi connectivity index (χ1v) is 4.99. The highest BCUT2D eigenvalue weighted by Gasteiger charge is 2.20. The molecule has 0 fully saturated rings. The van der Waals surface area contributed by atoms with E-state index in [-0.39, 0.29) is 5.91 Å². The van der Waals surface area contributed by atoms with Gasteiger partial charge in [0.05, 0.1) is 11.3 Å². The van der Waals surface area contributed by atoms with E-state index in [1.165, 1.54) is 0 Å². The van der Waals surface area contributed by atoms with Crippen molar-refractivity contribution in [1.29, 1.82) is 0 Å². The molecule has 0 aromatic heterocycles. The molecule has 1 aliphatic heterocycles. The number of rotatable bonds is 1. The predicted molar refractivity (Wildman–Crippen MR) is 55.8 cm³/mol.